The van der Waals surface area contributed by atoms with Crippen molar-refractivity contribution in [3.63, 3.8) is 0 Å². The third-order valence-electron chi connectivity index (χ3n) is 4.22. The number of carboxylic acids is 1. The summed E-state index contributed by atoms with van der Waals surface area (Å²) in [5, 5.41) is 11.9. The lowest BCUT2D eigenvalue weighted by Gasteiger charge is -2.15. The number of benzene rings is 1. The van der Waals surface area contributed by atoms with Crippen molar-refractivity contribution in [3.05, 3.63) is 29.8 Å². The summed E-state index contributed by atoms with van der Waals surface area (Å²) in [6, 6.07) is 6.39. The van der Waals surface area contributed by atoms with E-state index in [2.05, 4.69) is 5.32 Å². The minimum Gasteiger partial charge on any atom is -0.494 e. The highest BCUT2D eigenvalue weighted by Gasteiger charge is 2.20. The normalized spacial score (nSPS) is 11.0. The highest BCUT2D eigenvalue weighted by Crippen LogP contribution is 2.14. The number of carbonyl (C=O) groups excluding carboxylic acids is 1. The van der Waals surface area contributed by atoms with E-state index in [0.29, 0.717) is 26.0 Å². The van der Waals surface area contributed by atoms with Gasteiger partial charge in [-0.1, -0.05) is 25.0 Å². The summed E-state index contributed by atoms with van der Waals surface area (Å²) in [5.41, 5.74) is 11.7. The Hall–Kier alpha value is -1.54. The zero-order valence-electron chi connectivity index (χ0n) is 16.8. The van der Waals surface area contributed by atoms with Crippen LogP contribution in [0.3, 0.4) is 0 Å². The first-order valence-electron chi connectivity index (χ1n) is 9.71. The maximum absolute atomic E-state index is 11.8. The third kappa shape index (κ3) is 14.1. The average molecular weight is 452 g/mol. The van der Waals surface area contributed by atoms with Gasteiger partial charge >= 0.3 is 5.97 Å². The SMILES string of the molecule is Cl.Cl.NCCCCCCOc1ccc(CC(NC(=O)CCCCN)C(=O)O)cc1. The number of nitrogens with one attached hydrogen (secondary N) is 1. The molecular formula is C20H35Cl2N3O4. The summed E-state index contributed by atoms with van der Waals surface area (Å²) in [4.78, 5) is 23.3. The smallest absolute Gasteiger partial charge is 0.326 e. The molecule has 1 aromatic rings. The Morgan fingerprint density at radius 2 is 1.52 bits per heavy atom. The van der Waals surface area contributed by atoms with Gasteiger partial charge in [-0.05, 0) is 56.5 Å². The second-order valence-corrected chi connectivity index (χ2v) is 6.60. The van der Waals surface area contributed by atoms with Gasteiger partial charge in [0.2, 0.25) is 5.91 Å². The molecule has 0 saturated heterocycles. The molecule has 6 N–H and O–H groups in total. The fraction of sp³-hybridized carbons (Fsp3) is 0.600. The standard InChI is InChI=1S/C20H33N3O4.2ClH/c21-12-4-1-2-6-14-27-17-10-8-16(9-11-17)15-18(20(25)26)23-19(24)7-3-5-13-22;;/h8-11,18H,1-7,12-15,21-22H2,(H,23,24)(H,25,26);2*1H. The molecule has 1 aromatic carbocycles. The van der Waals surface area contributed by atoms with E-state index in [1.165, 1.54) is 0 Å². The predicted octanol–water partition coefficient (Wildman–Crippen LogP) is 2.67. The lowest BCUT2D eigenvalue weighted by atomic mass is 10.1. The van der Waals surface area contributed by atoms with Crippen LogP contribution in [0, 0.1) is 0 Å². The number of rotatable bonds is 15. The van der Waals surface area contributed by atoms with Crippen LogP contribution in [0.15, 0.2) is 24.3 Å². The highest BCUT2D eigenvalue weighted by molar-refractivity contribution is 5.85. The van der Waals surface area contributed by atoms with E-state index in [9.17, 15) is 14.7 Å². The van der Waals surface area contributed by atoms with Crippen LogP contribution in [-0.2, 0) is 16.0 Å². The van der Waals surface area contributed by atoms with E-state index < -0.39 is 12.0 Å². The number of carboxylic acid groups (broad SMARTS) is 1. The van der Waals surface area contributed by atoms with Crippen LogP contribution in [0.5, 0.6) is 5.75 Å². The number of amides is 1. The van der Waals surface area contributed by atoms with Crippen molar-refractivity contribution in [2.24, 2.45) is 11.5 Å². The summed E-state index contributed by atoms with van der Waals surface area (Å²) in [5.74, 6) is -0.541. The number of carbonyl (C=O) groups is 2. The van der Waals surface area contributed by atoms with Crippen molar-refractivity contribution in [1.29, 1.82) is 0 Å². The zero-order valence-corrected chi connectivity index (χ0v) is 18.4. The number of hydrogen-bond acceptors (Lipinski definition) is 5. The maximum atomic E-state index is 11.8. The van der Waals surface area contributed by atoms with Crippen LogP contribution >= 0.6 is 24.8 Å². The molecule has 1 unspecified atom stereocenters. The molecule has 1 rings (SSSR count). The van der Waals surface area contributed by atoms with E-state index >= 15 is 0 Å². The second-order valence-electron chi connectivity index (χ2n) is 6.60. The number of unbranched alkanes of at least 4 members (excludes halogenated alkanes) is 4. The van der Waals surface area contributed by atoms with Crippen LogP contribution in [0.4, 0.5) is 0 Å². The maximum Gasteiger partial charge on any atom is 0.326 e. The molecule has 1 amide bonds. The average Bonchev–Trinajstić information content (AvgIpc) is 2.65. The molecule has 7 nitrogen and oxygen atoms in total. The molecule has 0 fully saturated rings. The van der Waals surface area contributed by atoms with Crippen LogP contribution < -0.4 is 21.5 Å². The van der Waals surface area contributed by atoms with Gasteiger partial charge in [-0.15, -0.1) is 24.8 Å². The molecular weight excluding hydrogens is 417 g/mol. The van der Waals surface area contributed by atoms with Gasteiger partial charge in [0, 0.05) is 12.8 Å². The molecule has 29 heavy (non-hydrogen) atoms. The first kappa shape index (κ1) is 29.7. The summed E-state index contributed by atoms with van der Waals surface area (Å²) in [6.45, 7) is 1.91. The van der Waals surface area contributed by atoms with E-state index in [0.717, 1.165) is 50.0 Å². The molecule has 1 atom stereocenters. The number of halogens is 2. The van der Waals surface area contributed by atoms with Crippen LogP contribution in [0.25, 0.3) is 0 Å². The Labute approximate surface area is 185 Å². The largest absolute Gasteiger partial charge is 0.494 e. The van der Waals surface area contributed by atoms with Gasteiger partial charge in [-0.25, -0.2) is 4.79 Å². The summed E-state index contributed by atoms with van der Waals surface area (Å²) < 4.78 is 5.69. The van der Waals surface area contributed by atoms with Crippen molar-refractivity contribution in [2.45, 2.75) is 57.4 Å². The van der Waals surface area contributed by atoms with Gasteiger partial charge in [-0.2, -0.15) is 0 Å². The third-order valence-corrected chi connectivity index (χ3v) is 4.22. The molecule has 0 aliphatic rings. The van der Waals surface area contributed by atoms with Crippen molar-refractivity contribution in [1.82, 2.24) is 5.32 Å². The van der Waals surface area contributed by atoms with Crippen molar-refractivity contribution >= 4 is 36.7 Å². The number of nitrogens with two attached hydrogens (primary N) is 2. The second kappa shape index (κ2) is 18.5. The molecule has 0 bridgehead atoms. The molecule has 9 heteroatoms. The van der Waals surface area contributed by atoms with Crippen LogP contribution in [-0.4, -0.2) is 42.7 Å². The first-order chi connectivity index (χ1) is 13.1. The Kier molecular flexibility index (Phi) is 18.9. The first-order valence-corrected chi connectivity index (χ1v) is 9.71. The van der Waals surface area contributed by atoms with Crippen molar-refractivity contribution < 1.29 is 19.4 Å². The van der Waals surface area contributed by atoms with Gasteiger partial charge < -0.3 is 26.6 Å². The Bertz CT molecular complexity index is 559. The highest BCUT2D eigenvalue weighted by atomic mass is 35.5. The fourth-order valence-corrected chi connectivity index (χ4v) is 2.64. The Balaban J connectivity index is 0. The van der Waals surface area contributed by atoms with Crippen LogP contribution in [0.2, 0.25) is 0 Å². The topological polar surface area (TPSA) is 128 Å². The van der Waals surface area contributed by atoms with Gasteiger partial charge in [0.1, 0.15) is 11.8 Å². The minimum atomic E-state index is -1.04. The molecule has 0 radical (unpaired) electrons. The number of hydrogen-bond donors (Lipinski definition) is 4. The van der Waals surface area contributed by atoms with Gasteiger partial charge in [0.05, 0.1) is 6.61 Å². The van der Waals surface area contributed by atoms with E-state index in [1.54, 1.807) is 0 Å². The van der Waals surface area contributed by atoms with E-state index in [1.807, 2.05) is 24.3 Å². The Morgan fingerprint density at radius 3 is 2.10 bits per heavy atom. The quantitative estimate of drug-likeness (QED) is 0.303. The monoisotopic (exact) mass is 451 g/mol. The fourth-order valence-electron chi connectivity index (χ4n) is 2.64. The predicted molar refractivity (Wildman–Crippen MR) is 120 cm³/mol. The summed E-state index contributed by atoms with van der Waals surface area (Å²) in [6.07, 6.45) is 6.18. The van der Waals surface area contributed by atoms with Crippen molar-refractivity contribution in [3.8, 4) is 5.75 Å². The molecule has 0 saturated carbocycles. The number of aliphatic carboxylic acids is 1. The zero-order chi connectivity index (χ0) is 19.9. The van der Waals surface area contributed by atoms with Crippen molar-refractivity contribution in [2.75, 3.05) is 19.7 Å². The molecule has 0 heterocycles. The molecule has 0 aliphatic heterocycles. The van der Waals surface area contributed by atoms with Gasteiger partial charge in [0.25, 0.3) is 0 Å². The van der Waals surface area contributed by atoms with E-state index in [4.69, 9.17) is 16.2 Å². The molecule has 0 spiro atoms. The minimum absolute atomic E-state index is 0. The lowest BCUT2D eigenvalue weighted by molar-refractivity contribution is -0.141. The van der Waals surface area contributed by atoms with Gasteiger partial charge in [-0.3, -0.25) is 4.79 Å². The van der Waals surface area contributed by atoms with Gasteiger partial charge in [0.15, 0.2) is 0 Å². The molecule has 168 valence electrons. The lowest BCUT2D eigenvalue weighted by Crippen LogP contribution is -2.42. The molecule has 0 aliphatic carbocycles. The molecule has 0 aromatic heterocycles. The Morgan fingerprint density at radius 1 is 0.931 bits per heavy atom. The number of ether oxygens (including phenoxy) is 1. The summed E-state index contributed by atoms with van der Waals surface area (Å²) >= 11 is 0. The van der Waals surface area contributed by atoms with E-state index in [-0.39, 0.29) is 37.1 Å². The summed E-state index contributed by atoms with van der Waals surface area (Å²) in [7, 11) is 0. The van der Waals surface area contributed by atoms with Crippen LogP contribution in [0.1, 0.15) is 50.5 Å².